The van der Waals surface area contributed by atoms with E-state index < -0.39 is 11.6 Å². The highest BCUT2D eigenvalue weighted by Crippen LogP contribution is 2.28. The van der Waals surface area contributed by atoms with Crippen LogP contribution in [0.3, 0.4) is 0 Å². The molecule has 2 rings (SSSR count). The Kier molecular flexibility index (Phi) is 3.46. The Hall–Kier alpha value is -2.10. The molecule has 2 aromatic rings. The summed E-state index contributed by atoms with van der Waals surface area (Å²) >= 11 is 0. The quantitative estimate of drug-likeness (QED) is 0.821. The Labute approximate surface area is 104 Å². The van der Waals surface area contributed by atoms with Crippen LogP contribution in [0.25, 0.3) is 0 Å². The van der Waals surface area contributed by atoms with Crippen LogP contribution in [0.15, 0.2) is 42.5 Å². The highest BCUT2D eigenvalue weighted by atomic mass is 19.1. The lowest BCUT2D eigenvalue weighted by molar-refractivity contribution is 0.415. The molecule has 0 atom stereocenters. The van der Waals surface area contributed by atoms with E-state index in [1.54, 1.807) is 43.3 Å². The van der Waals surface area contributed by atoms with Gasteiger partial charge in [0, 0.05) is 18.8 Å². The molecular formula is C14H13F2NO. The van der Waals surface area contributed by atoms with Crippen molar-refractivity contribution >= 4 is 11.4 Å². The molecule has 4 heteroatoms. The summed E-state index contributed by atoms with van der Waals surface area (Å²) in [7, 11) is 3.25. The number of rotatable bonds is 3. The molecule has 0 radical (unpaired) electrons. The molecule has 0 saturated carbocycles. The number of ether oxygens (including phenoxy) is 1. The van der Waals surface area contributed by atoms with E-state index >= 15 is 0 Å². The van der Waals surface area contributed by atoms with Gasteiger partial charge in [-0.05, 0) is 36.4 Å². The monoisotopic (exact) mass is 249 g/mol. The van der Waals surface area contributed by atoms with Crippen molar-refractivity contribution in [1.29, 1.82) is 0 Å². The number of benzene rings is 2. The second-order valence-corrected chi connectivity index (χ2v) is 3.85. The van der Waals surface area contributed by atoms with E-state index in [2.05, 4.69) is 0 Å². The van der Waals surface area contributed by atoms with Crippen molar-refractivity contribution in [2.45, 2.75) is 0 Å². The lowest BCUT2D eigenvalue weighted by atomic mass is 10.2. The van der Waals surface area contributed by atoms with E-state index in [1.165, 1.54) is 6.07 Å². The Balaban J connectivity index is 2.34. The van der Waals surface area contributed by atoms with Crippen LogP contribution in [0.2, 0.25) is 0 Å². The predicted molar refractivity (Wildman–Crippen MR) is 67.4 cm³/mol. The average molecular weight is 249 g/mol. The van der Waals surface area contributed by atoms with Crippen molar-refractivity contribution in [1.82, 2.24) is 0 Å². The zero-order valence-corrected chi connectivity index (χ0v) is 10.2. The zero-order chi connectivity index (χ0) is 13.1. The summed E-state index contributed by atoms with van der Waals surface area (Å²) in [5.74, 6) is -0.214. The molecule has 0 aromatic heterocycles. The summed E-state index contributed by atoms with van der Waals surface area (Å²) in [5.41, 5.74) is 0.945. The molecule has 0 heterocycles. The van der Waals surface area contributed by atoms with Gasteiger partial charge in [-0.2, -0.15) is 0 Å². The molecule has 0 amide bonds. The van der Waals surface area contributed by atoms with Crippen LogP contribution < -0.4 is 9.64 Å². The van der Waals surface area contributed by atoms with E-state index in [0.29, 0.717) is 5.75 Å². The fraction of sp³-hybridized carbons (Fsp3) is 0.143. The van der Waals surface area contributed by atoms with Gasteiger partial charge in [-0.25, -0.2) is 8.78 Å². The summed E-state index contributed by atoms with van der Waals surface area (Å²) in [5, 5.41) is 0. The van der Waals surface area contributed by atoms with Crippen LogP contribution in [0, 0.1) is 11.6 Å². The molecule has 94 valence electrons. The van der Waals surface area contributed by atoms with Gasteiger partial charge in [-0.3, -0.25) is 0 Å². The predicted octanol–water partition coefficient (Wildman–Crippen LogP) is 3.74. The molecule has 0 aliphatic heterocycles. The van der Waals surface area contributed by atoms with Gasteiger partial charge in [0.25, 0.3) is 0 Å². The first kappa shape index (κ1) is 12.4. The fourth-order valence-corrected chi connectivity index (χ4v) is 1.69. The topological polar surface area (TPSA) is 12.5 Å². The minimum atomic E-state index is -0.466. The SMILES string of the molecule is COc1ccc(N(C)c2cc(F)ccc2F)cc1. The molecule has 0 aliphatic carbocycles. The van der Waals surface area contributed by atoms with E-state index in [4.69, 9.17) is 4.74 Å². The number of nitrogens with zero attached hydrogens (tertiary/aromatic N) is 1. The number of halogens is 2. The van der Waals surface area contributed by atoms with Gasteiger partial charge < -0.3 is 9.64 Å². The second kappa shape index (κ2) is 5.04. The van der Waals surface area contributed by atoms with Gasteiger partial charge in [0.05, 0.1) is 12.8 Å². The molecule has 2 aromatic carbocycles. The van der Waals surface area contributed by atoms with Crippen LogP contribution in [0.5, 0.6) is 5.75 Å². The summed E-state index contributed by atoms with van der Waals surface area (Å²) in [6.45, 7) is 0. The molecular weight excluding hydrogens is 236 g/mol. The van der Waals surface area contributed by atoms with Crippen molar-refractivity contribution < 1.29 is 13.5 Å². The average Bonchev–Trinajstić information content (AvgIpc) is 2.41. The maximum atomic E-state index is 13.6. The van der Waals surface area contributed by atoms with E-state index in [1.807, 2.05) is 0 Å². The zero-order valence-electron chi connectivity index (χ0n) is 10.2. The maximum absolute atomic E-state index is 13.6. The van der Waals surface area contributed by atoms with Crippen molar-refractivity contribution in [2.75, 3.05) is 19.1 Å². The first-order chi connectivity index (χ1) is 8.61. The Morgan fingerprint density at radius 1 is 1.00 bits per heavy atom. The molecule has 0 fully saturated rings. The number of anilines is 2. The highest BCUT2D eigenvalue weighted by Gasteiger charge is 2.10. The van der Waals surface area contributed by atoms with Crippen molar-refractivity contribution in [3.05, 3.63) is 54.1 Å². The van der Waals surface area contributed by atoms with Crippen LogP contribution in [-0.4, -0.2) is 14.2 Å². The maximum Gasteiger partial charge on any atom is 0.147 e. The third kappa shape index (κ3) is 2.42. The Morgan fingerprint density at radius 3 is 2.28 bits per heavy atom. The van der Waals surface area contributed by atoms with Crippen LogP contribution in [0.1, 0.15) is 0 Å². The van der Waals surface area contributed by atoms with Crippen LogP contribution in [-0.2, 0) is 0 Å². The summed E-state index contributed by atoms with van der Waals surface area (Å²) < 4.78 is 31.8. The highest BCUT2D eigenvalue weighted by molar-refractivity contribution is 5.63. The summed E-state index contributed by atoms with van der Waals surface area (Å²) in [4.78, 5) is 1.58. The van der Waals surface area contributed by atoms with Crippen LogP contribution >= 0.6 is 0 Å². The normalized spacial score (nSPS) is 10.2. The number of hydrogen-bond donors (Lipinski definition) is 0. The fourth-order valence-electron chi connectivity index (χ4n) is 1.69. The van der Waals surface area contributed by atoms with Gasteiger partial charge in [0.15, 0.2) is 0 Å². The van der Waals surface area contributed by atoms with Crippen molar-refractivity contribution in [2.24, 2.45) is 0 Å². The smallest absolute Gasteiger partial charge is 0.147 e. The van der Waals surface area contributed by atoms with Gasteiger partial charge in [0.1, 0.15) is 17.4 Å². The number of methoxy groups -OCH3 is 1. The standard InChI is InChI=1S/C14H13F2NO/c1-17(11-4-6-12(18-2)7-5-11)14-9-10(15)3-8-13(14)16/h3-9H,1-2H3. The molecule has 0 aliphatic rings. The van der Waals surface area contributed by atoms with Crippen molar-refractivity contribution in [3.63, 3.8) is 0 Å². The summed E-state index contributed by atoms with van der Waals surface area (Å²) in [6.07, 6.45) is 0. The lowest BCUT2D eigenvalue weighted by Crippen LogP contribution is -2.11. The first-order valence-electron chi connectivity index (χ1n) is 5.44. The molecule has 0 N–H and O–H groups in total. The van der Waals surface area contributed by atoms with Crippen LogP contribution in [0.4, 0.5) is 20.2 Å². The minimum Gasteiger partial charge on any atom is -0.497 e. The largest absolute Gasteiger partial charge is 0.497 e. The van der Waals surface area contributed by atoms with Gasteiger partial charge in [0.2, 0.25) is 0 Å². The first-order valence-corrected chi connectivity index (χ1v) is 5.44. The molecule has 2 nitrogen and oxygen atoms in total. The molecule has 0 spiro atoms. The van der Waals surface area contributed by atoms with E-state index in [9.17, 15) is 8.78 Å². The van der Waals surface area contributed by atoms with E-state index in [-0.39, 0.29) is 5.69 Å². The molecule has 0 bridgehead atoms. The molecule has 18 heavy (non-hydrogen) atoms. The lowest BCUT2D eigenvalue weighted by Gasteiger charge is -2.20. The third-order valence-corrected chi connectivity index (χ3v) is 2.73. The Morgan fingerprint density at radius 2 is 1.67 bits per heavy atom. The molecule has 0 unspecified atom stereocenters. The third-order valence-electron chi connectivity index (χ3n) is 2.73. The van der Waals surface area contributed by atoms with Gasteiger partial charge >= 0.3 is 0 Å². The van der Waals surface area contributed by atoms with Crippen molar-refractivity contribution in [3.8, 4) is 5.75 Å². The van der Waals surface area contributed by atoms with E-state index in [0.717, 1.165) is 17.8 Å². The second-order valence-electron chi connectivity index (χ2n) is 3.85. The minimum absolute atomic E-state index is 0.195. The molecule has 0 saturated heterocycles. The Bertz CT molecular complexity index is 540. The summed E-state index contributed by atoms with van der Waals surface area (Å²) in [6, 6.07) is 10.5. The van der Waals surface area contributed by atoms with Gasteiger partial charge in [-0.1, -0.05) is 0 Å². The van der Waals surface area contributed by atoms with Gasteiger partial charge in [-0.15, -0.1) is 0 Å². The number of hydrogen-bond acceptors (Lipinski definition) is 2.